The van der Waals surface area contributed by atoms with Gasteiger partial charge in [-0.3, -0.25) is 0 Å². The third kappa shape index (κ3) is 2.65. The molecule has 0 saturated heterocycles. The zero-order valence-corrected chi connectivity index (χ0v) is 10.9. The van der Waals surface area contributed by atoms with Crippen LogP contribution in [0.5, 0.6) is 0 Å². The zero-order chi connectivity index (χ0) is 11.8. The first-order valence-electron chi connectivity index (χ1n) is 6.30. The maximum absolute atomic E-state index is 3.68. The van der Waals surface area contributed by atoms with Crippen molar-refractivity contribution < 1.29 is 0 Å². The van der Waals surface area contributed by atoms with Gasteiger partial charge in [-0.1, -0.05) is 18.2 Å². The van der Waals surface area contributed by atoms with E-state index in [0.29, 0.717) is 5.54 Å². The van der Waals surface area contributed by atoms with Gasteiger partial charge in [0.15, 0.2) is 0 Å². The average molecular weight is 217 g/mol. The van der Waals surface area contributed by atoms with Crippen LogP contribution >= 0.6 is 0 Å². The van der Waals surface area contributed by atoms with Gasteiger partial charge < -0.3 is 5.32 Å². The Hall–Kier alpha value is -0.820. The van der Waals surface area contributed by atoms with Crippen molar-refractivity contribution >= 4 is 0 Å². The molecule has 1 aromatic carbocycles. The van der Waals surface area contributed by atoms with E-state index in [1.165, 1.54) is 29.5 Å². The molecule has 1 heteroatoms. The molecule has 16 heavy (non-hydrogen) atoms. The second-order valence-electron chi connectivity index (χ2n) is 5.77. The molecule has 1 fully saturated rings. The van der Waals surface area contributed by atoms with Crippen molar-refractivity contribution in [3.05, 3.63) is 34.9 Å². The first-order chi connectivity index (χ1) is 7.49. The van der Waals surface area contributed by atoms with E-state index in [4.69, 9.17) is 0 Å². The van der Waals surface area contributed by atoms with E-state index >= 15 is 0 Å². The van der Waals surface area contributed by atoms with E-state index in [1.54, 1.807) is 0 Å². The molecule has 0 aliphatic heterocycles. The van der Waals surface area contributed by atoms with Gasteiger partial charge in [-0.25, -0.2) is 0 Å². The Kier molecular flexibility index (Phi) is 3.07. The lowest BCUT2D eigenvalue weighted by Crippen LogP contribution is -2.40. The largest absolute Gasteiger partial charge is 0.307 e. The molecule has 0 amide bonds. The fourth-order valence-electron chi connectivity index (χ4n) is 2.19. The van der Waals surface area contributed by atoms with Crippen LogP contribution in [0.15, 0.2) is 18.2 Å². The molecule has 1 saturated carbocycles. The monoisotopic (exact) mass is 217 g/mol. The minimum atomic E-state index is 0.304. The van der Waals surface area contributed by atoms with E-state index in [9.17, 15) is 0 Å². The maximum atomic E-state index is 3.68. The van der Waals surface area contributed by atoms with E-state index in [2.05, 4.69) is 51.2 Å². The SMILES string of the molecule is Cc1ccc(CNC(C)(C)C2CC2)cc1C. The van der Waals surface area contributed by atoms with Crippen molar-refractivity contribution in [2.75, 3.05) is 0 Å². The van der Waals surface area contributed by atoms with Crippen molar-refractivity contribution in [2.24, 2.45) is 5.92 Å². The predicted molar refractivity (Wildman–Crippen MR) is 69.6 cm³/mol. The van der Waals surface area contributed by atoms with Crippen LogP contribution in [0.4, 0.5) is 0 Å². The summed E-state index contributed by atoms with van der Waals surface area (Å²) in [5.41, 5.74) is 4.48. The molecule has 0 heterocycles. The number of benzene rings is 1. The second-order valence-corrected chi connectivity index (χ2v) is 5.77. The van der Waals surface area contributed by atoms with Gasteiger partial charge in [-0.2, -0.15) is 0 Å². The number of rotatable bonds is 4. The number of hydrogen-bond acceptors (Lipinski definition) is 1. The highest BCUT2D eigenvalue weighted by molar-refractivity contribution is 5.29. The summed E-state index contributed by atoms with van der Waals surface area (Å²) in [7, 11) is 0. The quantitative estimate of drug-likeness (QED) is 0.813. The summed E-state index contributed by atoms with van der Waals surface area (Å²) < 4.78 is 0. The Labute approximate surface area is 99.3 Å². The van der Waals surface area contributed by atoms with Crippen LogP contribution in [0.3, 0.4) is 0 Å². The minimum absolute atomic E-state index is 0.304. The predicted octanol–water partition coefficient (Wildman–Crippen LogP) is 3.58. The molecule has 2 rings (SSSR count). The zero-order valence-electron chi connectivity index (χ0n) is 10.9. The highest BCUT2D eigenvalue weighted by atomic mass is 15.0. The highest BCUT2D eigenvalue weighted by Gasteiger charge is 2.36. The summed E-state index contributed by atoms with van der Waals surface area (Å²) >= 11 is 0. The van der Waals surface area contributed by atoms with Gasteiger partial charge >= 0.3 is 0 Å². The molecule has 0 radical (unpaired) electrons. The molecule has 1 aromatic rings. The van der Waals surface area contributed by atoms with Gasteiger partial charge in [0.1, 0.15) is 0 Å². The summed E-state index contributed by atoms with van der Waals surface area (Å²) in [6.45, 7) is 9.99. The Balaban J connectivity index is 1.96. The first kappa shape index (κ1) is 11.7. The Morgan fingerprint density at radius 3 is 2.44 bits per heavy atom. The van der Waals surface area contributed by atoms with Crippen LogP contribution in [0, 0.1) is 19.8 Å². The van der Waals surface area contributed by atoms with Crippen molar-refractivity contribution in [1.82, 2.24) is 5.32 Å². The van der Waals surface area contributed by atoms with Gasteiger partial charge in [0.05, 0.1) is 0 Å². The lowest BCUT2D eigenvalue weighted by atomic mass is 9.98. The first-order valence-corrected chi connectivity index (χ1v) is 6.30. The molecule has 1 aliphatic rings. The van der Waals surface area contributed by atoms with Gasteiger partial charge in [0, 0.05) is 12.1 Å². The third-order valence-electron chi connectivity index (χ3n) is 3.92. The molecular weight excluding hydrogens is 194 g/mol. The van der Waals surface area contributed by atoms with E-state index in [-0.39, 0.29) is 0 Å². The van der Waals surface area contributed by atoms with Gasteiger partial charge in [0.2, 0.25) is 0 Å². The number of aryl methyl sites for hydroxylation is 2. The summed E-state index contributed by atoms with van der Waals surface area (Å²) in [6.07, 6.45) is 2.79. The van der Waals surface area contributed by atoms with E-state index < -0.39 is 0 Å². The van der Waals surface area contributed by atoms with Crippen molar-refractivity contribution in [1.29, 1.82) is 0 Å². The van der Waals surface area contributed by atoms with Crippen LogP contribution in [0.1, 0.15) is 43.4 Å². The maximum Gasteiger partial charge on any atom is 0.0210 e. The van der Waals surface area contributed by atoms with Crippen molar-refractivity contribution in [3.63, 3.8) is 0 Å². The summed E-state index contributed by atoms with van der Waals surface area (Å²) in [4.78, 5) is 0. The molecule has 0 unspecified atom stereocenters. The second kappa shape index (κ2) is 4.21. The smallest absolute Gasteiger partial charge is 0.0210 e. The Morgan fingerprint density at radius 1 is 1.19 bits per heavy atom. The minimum Gasteiger partial charge on any atom is -0.307 e. The molecular formula is C15H23N. The van der Waals surface area contributed by atoms with Crippen molar-refractivity contribution in [3.8, 4) is 0 Å². The van der Waals surface area contributed by atoms with Crippen molar-refractivity contribution in [2.45, 2.75) is 52.6 Å². The van der Waals surface area contributed by atoms with Gasteiger partial charge in [-0.15, -0.1) is 0 Å². The Bertz CT molecular complexity index is 375. The van der Waals surface area contributed by atoms with E-state index in [1.807, 2.05) is 0 Å². The molecule has 0 bridgehead atoms. The molecule has 0 atom stereocenters. The topological polar surface area (TPSA) is 12.0 Å². The summed E-state index contributed by atoms with van der Waals surface area (Å²) in [5.74, 6) is 0.888. The summed E-state index contributed by atoms with van der Waals surface area (Å²) in [6, 6.07) is 6.75. The van der Waals surface area contributed by atoms with Crippen LogP contribution in [-0.4, -0.2) is 5.54 Å². The molecule has 88 valence electrons. The van der Waals surface area contributed by atoms with Crippen LogP contribution in [-0.2, 0) is 6.54 Å². The molecule has 1 N–H and O–H groups in total. The number of nitrogens with one attached hydrogen (secondary N) is 1. The number of hydrogen-bond donors (Lipinski definition) is 1. The fraction of sp³-hybridized carbons (Fsp3) is 0.600. The van der Waals surface area contributed by atoms with Crippen LogP contribution in [0.25, 0.3) is 0 Å². The molecule has 0 spiro atoms. The molecule has 1 nitrogen and oxygen atoms in total. The lowest BCUT2D eigenvalue weighted by Gasteiger charge is -2.26. The third-order valence-corrected chi connectivity index (χ3v) is 3.92. The standard InChI is InChI=1S/C15H23N/c1-11-5-6-13(9-12(11)2)10-16-15(3,4)14-7-8-14/h5-6,9,14,16H,7-8,10H2,1-4H3. The average Bonchev–Trinajstić information content (AvgIpc) is 3.03. The Morgan fingerprint density at radius 2 is 1.88 bits per heavy atom. The fourth-order valence-corrected chi connectivity index (χ4v) is 2.19. The van der Waals surface area contributed by atoms with Gasteiger partial charge in [-0.05, 0) is 63.1 Å². The summed E-state index contributed by atoms with van der Waals surface area (Å²) in [5, 5.41) is 3.68. The lowest BCUT2D eigenvalue weighted by molar-refractivity contribution is 0.339. The van der Waals surface area contributed by atoms with Gasteiger partial charge in [0.25, 0.3) is 0 Å². The normalized spacial score (nSPS) is 16.5. The van der Waals surface area contributed by atoms with E-state index in [0.717, 1.165) is 12.5 Å². The highest BCUT2D eigenvalue weighted by Crippen LogP contribution is 2.39. The molecule has 0 aromatic heterocycles. The van der Waals surface area contributed by atoms with Crippen LogP contribution < -0.4 is 5.32 Å². The van der Waals surface area contributed by atoms with Crippen LogP contribution in [0.2, 0.25) is 0 Å². The molecule has 1 aliphatic carbocycles.